The molecule has 27 nitrogen and oxygen atoms in total. The lowest BCUT2D eigenvalue weighted by atomic mass is 9.63. The summed E-state index contributed by atoms with van der Waals surface area (Å²) in [5.41, 5.74) is 28.5. The number of fused-ring (bicyclic) bond motifs is 1. The number of benzene rings is 4. The van der Waals surface area contributed by atoms with Gasteiger partial charge in [-0.05, 0) is 154 Å². The number of hydrogen-bond acceptors (Lipinski definition) is 19. The van der Waals surface area contributed by atoms with Gasteiger partial charge in [-0.3, -0.25) is 68.0 Å². The molecular weight excluding hydrogens is 1380 g/mol. The molecule has 106 heavy (non-hydrogen) atoms. The van der Waals surface area contributed by atoms with Gasteiger partial charge in [-0.1, -0.05) is 112 Å². The number of pyridine rings is 2. The molecular formula is C78H103ClN14O13. The SMILES string of the molecule is CC(=O)NC(=O)[C@@H](C)N(CCCC(=O)[C@@H](N)CCC(c1ccc(Cl)cc1)(c1cccnc1)C(N)C(C)C)C(=O)[C@H](CC(C)C)NC(=O)[C@@H](CCC(c1ccc2ccccc2c1)C(N)C(=O)c1cccnc1)NC(=O)[C@H](Cc1ccc(O)cc1)N(C)C(=O)[C@H](CO)NC(=O)[C@H](C)NC(=O)[C@H](C)NC(=O)[C@H](C)N. The standard InChI is InChI=1S/C78H103ClN14O13/c1-44(2)38-63(77(106)93(49(8)73(102)88-50(9)95)37-15-20-66(97)61(81)33-34-78(69(83)45(3)4,57-19-14-36-85-42-57)56-25-27-58(79)28-26-56)90-74(103)62(32-31-60(67(82)68(98)55-18-13-35-84-41-55)54-24-23-52-16-11-12-17-53(52)40-54)89-75(104)65(39-51-21-29-59(96)30-22-51)92(10)76(105)64(43-94)91-72(101)48(7)87-71(100)47(6)86-70(99)46(5)80/h11-14,16-19,21-30,35-36,40-42,44-49,60-65,67,69,94,96H,15,20,31-34,37-39,43,80-83H2,1-10H3,(H,86,99)(H,87,100)(H,89,104)(H,90,103)(H,91,101)(H,88,95,102)/t46-,47-,48-,49+,60?,61-,62+,63-,64-,65-,67?,69?,78?/m0/s1. The summed E-state index contributed by atoms with van der Waals surface area (Å²) in [6, 6.07) is 18.8. The van der Waals surface area contributed by atoms with E-state index in [1.165, 1.54) is 71.4 Å². The maximum absolute atomic E-state index is 15.7. The number of aliphatic hydroxyl groups is 1. The second-order valence-corrected chi connectivity index (χ2v) is 28.4. The van der Waals surface area contributed by atoms with E-state index < -0.39 is 143 Å². The molecule has 6 aromatic rings. The molecule has 2 aromatic heterocycles. The fourth-order valence-electron chi connectivity index (χ4n) is 12.9. The van der Waals surface area contributed by atoms with Crippen LogP contribution in [0.2, 0.25) is 5.02 Å². The number of aromatic nitrogens is 2. The van der Waals surface area contributed by atoms with Crippen LogP contribution >= 0.6 is 11.6 Å². The lowest BCUT2D eigenvalue weighted by molar-refractivity contribution is -0.145. The number of nitrogens with two attached hydrogens (primary N) is 4. The fourth-order valence-corrected chi connectivity index (χ4v) is 13.0. The van der Waals surface area contributed by atoms with E-state index in [9.17, 15) is 48.6 Å². The predicted molar refractivity (Wildman–Crippen MR) is 403 cm³/mol. The van der Waals surface area contributed by atoms with E-state index in [4.69, 9.17) is 34.5 Å². The van der Waals surface area contributed by atoms with Crippen LogP contribution in [0.4, 0.5) is 0 Å². The van der Waals surface area contributed by atoms with E-state index >= 15 is 14.4 Å². The molecule has 0 fully saturated rings. The number of carbonyl (C=O) groups is 11. The summed E-state index contributed by atoms with van der Waals surface area (Å²) in [6.07, 6.45) is 5.75. The van der Waals surface area contributed by atoms with Gasteiger partial charge in [0.05, 0.1) is 24.7 Å². The first kappa shape index (κ1) is 85.0. The van der Waals surface area contributed by atoms with Gasteiger partial charge >= 0.3 is 0 Å². The third-order valence-corrected chi connectivity index (χ3v) is 19.4. The summed E-state index contributed by atoms with van der Waals surface area (Å²) in [4.78, 5) is 166. The zero-order valence-electron chi connectivity index (χ0n) is 61.8. The van der Waals surface area contributed by atoms with Gasteiger partial charge in [0.2, 0.25) is 53.2 Å². The van der Waals surface area contributed by atoms with E-state index in [0.717, 1.165) is 38.6 Å². The fraction of sp³-hybridized carbons (Fsp3) is 0.449. The van der Waals surface area contributed by atoms with Crippen molar-refractivity contribution >= 4 is 87.1 Å². The van der Waals surface area contributed by atoms with Crippen molar-refractivity contribution in [2.45, 2.75) is 191 Å². The molecule has 0 saturated carbocycles. The van der Waals surface area contributed by atoms with Crippen LogP contribution in [-0.2, 0) is 59.8 Å². The Morgan fingerprint density at radius 2 is 1.21 bits per heavy atom. The summed E-state index contributed by atoms with van der Waals surface area (Å²) in [7, 11) is 1.22. The minimum absolute atomic E-state index is 0.0398. The quantitative estimate of drug-likeness (QED) is 0.0239. The van der Waals surface area contributed by atoms with Crippen molar-refractivity contribution in [1.82, 2.24) is 51.7 Å². The Kier molecular flexibility index (Phi) is 32.1. The summed E-state index contributed by atoms with van der Waals surface area (Å²) in [5, 5.41) is 38.5. The molecule has 0 spiro atoms. The van der Waals surface area contributed by atoms with E-state index in [1.54, 1.807) is 56.6 Å². The van der Waals surface area contributed by atoms with E-state index in [1.807, 2.05) is 74.5 Å². The van der Waals surface area contributed by atoms with Crippen LogP contribution in [0.5, 0.6) is 5.75 Å². The van der Waals surface area contributed by atoms with E-state index in [2.05, 4.69) is 41.9 Å². The number of phenolic OH excluding ortho intramolecular Hbond substituents is 1. The zero-order chi connectivity index (χ0) is 78.3. The van der Waals surface area contributed by atoms with Crippen LogP contribution in [0.1, 0.15) is 146 Å². The van der Waals surface area contributed by atoms with Gasteiger partial charge in [-0.25, -0.2) is 0 Å². The molecule has 0 aliphatic carbocycles. The monoisotopic (exact) mass is 1480 g/mol. The van der Waals surface area contributed by atoms with Crippen LogP contribution in [0.3, 0.4) is 0 Å². The average molecular weight is 1480 g/mol. The number of halogens is 1. The van der Waals surface area contributed by atoms with Gasteiger partial charge in [0.1, 0.15) is 53.8 Å². The number of carbonyl (C=O) groups excluding carboxylic acids is 11. The molecule has 0 aliphatic rings. The largest absolute Gasteiger partial charge is 0.508 e. The summed E-state index contributed by atoms with van der Waals surface area (Å²) in [6.45, 7) is 12.9. The normalized spacial score (nSPS) is 15.4. The molecule has 570 valence electrons. The maximum Gasteiger partial charge on any atom is 0.249 e. The highest BCUT2D eigenvalue weighted by atomic mass is 35.5. The molecule has 16 N–H and O–H groups in total. The molecule has 0 aliphatic heterocycles. The second-order valence-electron chi connectivity index (χ2n) is 28.0. The Labute approximate surface area is 623 Å². The van der Waals surface area contributed by atoms with Crippen molar-refractivity contribution in [2.24, 2.45) is 34.8 Å². The Balaban J connectivity index is 1.37. The lowest BCUT2D eigenvalue weighted by Crippen LogP contribution is -2.61. The number of imide groups is 1. The Bertz CT molecular complexity index is 4000. The van der Waals surface area contributed by atoms with Gasteiger partial charge in [0, 0.05) is 86.1 Å². The Morgan fingerprint density at radius 3 is 1.79 bits per heavy atom. The topological polar surface area (TPSA) is 437 Å². The summed E-state index contributed by atoms with van der Waals surface area (Å²) < 4.78 is 0. The molecule has 0 radical (unpaired) electrons. The van der Waals surface area contributed by atoms with Crippen LogP contribution in [0, 0.1) is 11.8 Å². The molecule has 0 bridgehead atoms. The van der Waals surface area contributed by atoms with Crippen molar-refractivity contribution in [3.05, 3.63) is 173 Å². The lowest BCUT2D eigenvalue weighted by Gasteiger charge is -2.42. The van der Waals surface area contributed by atoms with Crippen molar-refractivity contribution < 1.29 is 63.0 Å². The second kappa shape index (κ2) is 40.0. The number of phenols is 1. The van der Waals surface area contributed by atoms with E-state index in [0.29, 0.717) is 22.6 Å². The van der Waals surface area contributed by atoms with Gasteiger partial charge in [-0.15, -0.1) is 0 Å². The third kappa shape index (κ3) is 23.3. The van der Waals surface area contributed by atoms with Gasteiger partial charge < -0.3 is 69.5 Å². The van der Waals surface area contributed by atoms with Crippen LogP contribution in [0.25, 0.3) is 10.8 Å². The van der Waals surface area contributed by atoms with Gasteiger partial charge in [0.25, 0.3) is 0 Å². The van der Waals surface area contributed by atoms with Crippen molar-refractivity contribution in [3.63, 3.8) is 0 Å². The minimum Gasteiger partial charge on any atom is -0.508 e. The number of likely N-dealkylation sites (N-methyl/N-ethyl adjacent to an activating group) is 1. The van der Waals surface area contributed by atoms with Gasteiger partial charge in [-0.2, -0.15) is 0 Å². The maximum atomic E-state index is 15.7. The molecule has 9 amide bonds. The molecule has 13 atom stereocenters. The average Bonchev–Trinajstić information content (AvgIpc) is 0.759. The highest BCUT2D eigenvalue weighted by Gasteiger charge is 2.44. The molecule has 4 unspecified atom stereocenters. The number of ketones is 2. The van der Waals surface area contributed by atoms with Crippen LogP contribution < -0.4 is 54.8 Å². The Hall–Kier alpha value is -9.90. The summed E-state index contributed by atoms with van der Waals surface area (Å²) >= 11 is 6.38. The first-order valence-corrected chi connectivity index (χ1v) is 36.0. The van der Waals surface area contributed by atoms with Crippen molar-refractivity contribution in [3.8, 4) is 5.75 Å². The number of hydrogen-bond donors (Lipinski definition) is 12. The highest BCUT2D eigenvalue weighted by Crippen LogP contribution is 2.42. The first-order valence-electron chi connectivity index (χ1n) is 35.6. The van der Waals surface area contributed by atoms with Gasteiger partial charge in [0.15, 0.2) is 5.78 Å². The first-order chi connectivity index (χ1) is 50.2. The molecule has 2 heterocycles. The number of amides is 9. The smallest absolute Gasteiger partial charge is 0.249 e. The minimum atomic E-state index is -1.75. The zero-order valence-corrected chi connectivity index (χ0v) is 62.6. The number of Topliss-reactive ketones (excluding diaryl/α,β-unsaturated/α-hetero) is 2. The number of nitrogens with zero attached hydrogens (tertiary/aromatic N) is 4. The van der Waals surface area contributed by atoms with Crippen LogP contribution in [0.15, 0.2) is 140 Å². The Morgan fingerprint density at radius 1 is 0.604 bits per heavy atom. The third-order valence-electron chi connectivity index (χ3n) is 19.1. The number of rotatable bonds is 39. The van der Waals surface area contributed by atoms with Crippen molar-refractivity contribution in [2.75, 3.05) is 20.2 Å². The molecule has 28 heteroatoms. The molecule has 4 aromatic carbocycles. The molecule has 0 saturated heterocycles. The number of aliphatic hydroxyl groups excluding tert-OH is 1. The van der Waals surface area contributed by atoms with E-state index in [-0.39, 0.29) is 80.4 Å². The highest BCUT2D eigenvalue weighted by molar-refractivity contribution is 6.30. The number of nitrogens with one attached hydrogen (secondary N) is 6. The van der Waals surface area contributed by atoms with Crippen LogP contribution in [-0.4, -0.2) is 181 Å². The summed E-state index contributed by atoms with van der Waals surface area (Å²) in [5.74, 6) is -9.96. The predicted octanol–water partition coefficient (Wildman–Crippen LogP) is 4.29. The molecule has 6 rings (SSSR count). The van der Waals surface area contributed by atoms with Crippen molar-refractivity contribution in [1.29, 1.82) is 0 Å². The number of aromatic hydroxyl groups is 1.